The van der Waals surface area contributed by atoms with E-state index in [1.54, 1.807) is 19.1 Å². The van der Waals surface area contributed by atoms with Gasteiger partial charge >= 0.3 is 5.97 Å². The lowest BCUT2D eigenvalue weighted by atomic mass is 10.1. The number of rotatable bonds is 5. The topological polar surface area (TPSA) is 59.3 Å². The van der Waals surface area contributed by atoms with Crippen molar-refractivity contribution in [3.8, 4) is 17.6 Å². The molecule has 5 heteroatoms. The van der Waals surface area contributed by atoms with Crippen LogP contribution in [-0.2, 0) is 11.2 Å². The Morgan fingerprint density at radius 3 is 2.68 bits per heavy atom. The molecule has 0 radical (unpaired) electrons. The summed E-state index contributed by atoms with van der Waals surface area (Å²) in [6, 6.07) is 12.5. The number of halogens is 1. The molecule has 2 aromatic carbocycles. The second-order valence-electron chi connectivity index (χ2n) is 4.45. The maximum absolute atomic E-state index is 13.5. The molecule has 0 atom stereocenters. The van der Waals surface area contributed by atoms with Crippen molar-refractivity contribution in [1.82, 2.24) is 0 Å². The first-order valence-electron chi connectivity index (χ1n) is 6.75. The van der Waals surface area contributed by atoms with Crippen LogP contribution in [0.25, 0.3) is 0 Å². The van der Waals surface area contributed by atoms with Crippen LogP contribution in [0.2, 0.25) is 0 Å². The molecule has 0 spiro atoms. The summed E-state index contributed by atoms with van der Waals surface area (Å²) in [5, 5.41) is 8.87. The number of carbonyl (C=O) groups excluding carboxylic acids is 1. The molecular formula is C17H14FNO3. The van der Waals surface area contributed by atoms with Crippen LogP contribution in [0.3, 0.4) is 0 Å². The van der Waals surface area contributed by atoms with Crippen molar-refractivity contribution in [3.05, 3.63) is 59.4 Å². The van der Waals surface area contributed by atoms with Crippen molar-refractivity contribution in [1.29, 1.82) is 5.26 Å². The van der Waals surface area contributed by atoms with Crippen LogP contribution in [-0.4, -0.2) is 12.6 Å². The average molecular weight is 299 g/mol. The fourth-order valence-corrected chi connectivity index (χ4v) is 1.89. The smallest absolute Gasteiger partial charge is 0.315 e. The van der Waals surface area contributed by atoms with Gasteiger partial charge in [0.2, 0.25) is 0 Å². The van der Waals surface area contributed by atoms with Gasteiger partial charge in [-0.15, -0.1) is 0 Å². The number of carbonyl (C=O) groups is 1. The van der Waals surface area contributed by atoms with Gasteiger partial charge in [0.1, 0.15) is 5.82 Å². The molecule has 112 valence electrons. The van der Waals surface area contributed by atoms with Crippen LogP contribution < -0.4 is 9.47 Å². The third kappa shape index (κ3) is 3.83. The molecule has 0 bridgehead atoms. The molecule has 0 heterocycles. The second kappa shape index (κ2) is 7.23. The molecule has 0 saturated heterocycles. The summed E-state index contributed by atoms with van der Waals surface area (Å²) >= 11 is 0. The fourth-order valence-electron chi connectivity index (χ4n) is 1.89. The molecule has 0 aliphatic rings. The van der Waals surface area contributed by atoms with Gasteiger partial charge in [0.25, 0.3) is 0 Å². The van der Waals surface area contributed by atoms with Gasteiger partial charge in [0.05, 0.1) is 24.7 Å². The summed E-state index contributed by atoms with van der Waals surface area (Å²) in [6.45, 7) is 2.15. The molecule has 0 N–H and O–H groups in total. The number of esters is 1. The molecule has 2 rings (SSSR count). The third-order valence-electron chi connectivity index (χ3n) is 2.89. The van der Waals surface area contributed by atoms with E-state index in [0.717, 1.165) is 0 Å². The molecule has 2 aromatic rings. The van der Waals surface area contributed by atoms with Gasteiger partial charge in [0, 0.05) is 6.07 Å². The lowest BCUT2D eigenvalue weighted by Crippen LogP contribution is -2.13. The van der Waals surface area contributed by atoms with Crippen molar-refractivity contribution in [2.24, 2.45) is 0 Å². The van der Waals surface area contributed by atoms with E-state index in [9.17, 15) is 9.18 Å². The maximum atomic E-state index is 13.5. The number of ether oxygens (including phenoxy) is 2. The largest absolute Gasteiger partial charge is 0.490 e. The van der Waals surface area contributed by atoms with Gasteiger partial charge < -0.3 is 9.47 Å². The minimum Gasteiger partial charge on any atom is -0.490 e. The normalized spacial score (nSPS) is 9.86. The summed E-state index contributed by atoms with van der Waals surface area (Å²) in [5.41, 5.74) is 0.663. The Hall–Kier alpha value is -2.87. The van der Waals surface area contributed by atoms with E-state index in [2.05, 4.69) is 0 Å². The number of hydrogen-bond acceptors (Lipinski definition) is 4. The number of nitriles is 1. The molecular weight excluding hydrogens is 285 g/mol. The Kier molecular flexibility index (Phi) is 5.10. The van der Waals surface area contributed by atoms with Gasteiger partial charge in [-0.3, -0.25) is 4.79 Å². The van der Waals surface area contributed by atoms with Crippen LogP contribution in [0, 0.1) is 17.1 Å². The van der Waals surface area contributed by atoms with Crippen molar-refractivity contribution < 1.29 is 18.7 Å². The highest BCUT2D eigenvalue weighted by Gasteiger charge is 2.13. The van der Waals surface area contributed by atoms with E-state index in [0.29, 0.717) is 17.9 Å². The molecule has 22 heavy (non-hydrogen) atoms. The summed E-state index contributed by atoms with van der Waals surface area (Å²) in [7, 11) is 0. The number of benzene rings is 2. The van der Waals surface area contributed by atoms with E-state index in [-0.39, 0.29) is 17.7 Å². The van der Waals surface area contributed by atoms with E-state index >= 15 is 0 Å². The Morgan fingerprint density at radius 1 is 1.23 bits per heavy atom. The highest BCUT2D eigenvalue weighted by Crippen LogP contribution is 2.28. The Balaban J connectivity index is 2.14. The predicted octanol–water partition coefficient (Wildman–Crippen LogP) is 3.24. The van der Waals surface area contributed by atoms with Crippen LogP contribution in [0.5, 0.6) is 11.5 Å². The third-order valence-corrected chi connectivity index (χ3v) is 2.89. The SMILES string of the molecule is CCOc1cc(C#N)ccc1OC(=O)Cc1ccccc1F. The van der Waals surface area contributed by atoms with Gasteiger partial charge in [-0.2, -0.15) is 5.26 Å². The van der Waals surface area contributed by atoms with Crippen LogP contribution in [0.15, 0.2) is 42.5 Å². The van der Waals surface area contributed by atoms with Gasteiger partial charge in [-0.25, -0.2) is 4.39 Å². The lowest BCUT2D eigenvalue weighted by molar-refractivity contribution is -0.133. The minimum atomic E-state index is -0.601. The number of hydrogen-bond donors (Lipinski definition) is 0. The highest BCUT2D eigenvalue weighted by molar-refractivity contribution is 5.76. The Morgan fingerprint density at radius 2 is 2.00 bits per heavy atom. The van der Waals surface area contributed by atoms with Gasteiger partial charge in [-0.1, -0.05) is 18.2 Å². The monoisotopic (exact) mass is 299 g/mol. The molecule has 0 amide bonds. The van der Waals surface area contributed by atoms with Gasteiger partial charge in [0.15, 0.2) is 11.5 Å². The fraction of sp³-hybridized carbons (Fsp3) is 0.176. The zero-order valence-corrected chi connectivity index (χ0v) is 12.0. The van der Waals surface area contributed by atoms with Crippen molar-refractivity contribution in [2.45, 2.75) is 13.3 Å². The summed E-state index contributed by atoms with van der Waals surface area (Å²) in [5.74, 6) is -0.536. The molecule has 0 saturated carbocycles. The van der Waals surface area contributed by atoms with Gasteiger partial charge in [-0.05, 0) is 30.7 Å². The van der Waals surface area contributed by atoms with Crippen molar-refractivity contribution >= 4 is 5.97 Å². The zero-order chi connectivity index (χ0) is 15.9. The zero-order valence-electron chi connectivity index (χ0n) is 12.0. The van der Waals surface area contributed by atoms with Crippen LogP contribution in [0.1, 0.15) is 18.1 Å². The predicted molar refractivity (Wildman–Crippen MR) is 78.1 cm³/mol. The van der Waals surface area contributed by atoms with E-state index in [4.69, 9.17) is 14.7 Å². The van der Waals surface area contributed by atoms with E-state index in [1.807, 2.05) is 6.07 Å². The quantitative estimate of drug-likeness (QED) is 0.628. The lowest BCUT2D eigenvalue weighted by Gasteiger charge is -2.11. The molecule has 0 aromatic heterocycles. The molecule has 0 aliphatic carbocycles. The average Bonchev–Trinajstić information content (AvgIpc) is 2.51. The maximum Gasteiger partial charge on any atom is 0.315 e. The summed E-state index contributed by atoms with van der Waals surface area (Å²) < 4.78 is 24.1. The molecule has 0 unspecified atom stereocenters. The molecule has 0 fully saturated rings. The first kappa shape index (κ1) is 15.5. The standard InChI is InChI=1S/C17H14FNO3/c1-2-21-16-9-12(11-19)7-8-15(16)22-17(20)10-13-5-3-4-6-14(13)18/h3-9H,2,10H2,1H3. The summed E-state index contributed by atoms with van der Waals surface area (Å²) in [6.07, 6.45) is -0.182. The Bertz CT molecular complexity index is 722. The second-order valence-corrected chi connectivity index (χ2v) is 4.45. The first-order valence-corrected chi connectivity index (χ1v) is 6.75. The van der Waals surface area contributed by atoms with Crippen molar-refractivity contribution in [3.63, 3.8) is 0 Å². The van der Waals surface area contributed by atoms with E-state index in [1.165, 1.54) is 30.3 Å². The summed E-state index contributed by atoms with van der Waals surface area (Å²) in [4.78, 5) is 11.9. The highest BCUT2D eigenvalue weighted by atomic mass is 19.1. The van der Waals surface area contributed by atoms with Crippen LogP contribution in [0.4, 0.5) is 4.39 Å². The molecule has 0 aliphatic heterocycles. The van der Waals surface area contributed by atoms with Crippen LogP contribution >= 0.6 is 0 Å². The Labute approximate surface area is 127 Å². The molecule has 4 nitrogen and oxygen atoms in total. The van der Waals surface area contributed by atoms with E-state index < -0.39 is 11.8 Å². The van der Waals surface area contributed by atoms with Crippen molar-refractivity contribution in [2.75, 3.05) is 6.61 Å². The minimum absolute atomic E-state index is 0.182. The number of nitrogens with zero attached hydrogens (tertiary/aromatic N) is 1. The first-order chi connectivity index (χ1) is 10.6.